The van der Waals surface area contributed by atoms with Gasteiger partial charge in [0.2, 0.25) is 0 Å². The molecule has 0 saturated heterocycles. The maximum absolute atomic E-state index is 12.7. The molecule has 0 spiro atoms. The van der Waals surface area contributed by atoms with Crippen molar-refractivity contribution in [3.63, 3.8) is 0 Å². The van der Waals surface area contributed by atoms with E-state index in [1.807, 2.05) is 92.7 Å². The van der Waals surface area contributed by atoms with E-state index in [0.717, 1.165) is 16.9 Å². The molecule has 0 bridgehead atoms. The van der Waals surface area contributed by atoms with E-state index in [0.29, 0.717) is 32.5 Å². The molecule has 0 aliphatic heterocycles. The monoisotopic (exact) mass is 565 g/mol. The lowest BCUT2D eigenvalue weighted by Crippen LogP contribution is -2.46. The van der Waals surface area contributed by atoms with Crippen LogP contribution >= 0.6 is 0 Å². The topological polar surface area (TPSA) is 59.0 Å². The van der Waals surface area contributed by atoms with Gasteiger partial charge in [0, 0.05) is 19.1 Å². The highest BCUT2D eigenvalue weighted by Gasteiger charge is 2.33. The summed E-state index contributed by atoms with van der Waals surface area (Å²) in [6.07, 6.45) is 0.192. The van der Waals surface area contributed by atoms with E-state index in [4.69, 9.17) is 9.47 Å². The molecule has 0 aromatic heterocycles. The van der Waals surface area contributed by atoms with Crippen LogP contribution in [0.4, 0.5) is 0 Å². The van der Waals surface area contributed by atoms with Crippen LogP contribution in [0.1, 0.15) is 42.5 Å². The SMILES string of the molecule is COC(=O)[C@@H](C[C@H](O)[C@H](Cc1ccc(OCc2ccccc2)cc1)N(Cc1ccccc1)Cc1ccccc1)C(C)C. The van der Waals surface area contributed by atoms with E-state index < -0.39 is 12.0 Å². The molecule has 0 aliphatic rings. The van der Waals surface area contributed by atoms with Crippen molar-refractivity contribution in [1.29, 1.82) is 0 Å². The van der Waals surface area contributed by atoms with Gasteiger partial charge in [-0.05, 0) is 53.1 Å². The highest BCUT2D eigenvalue weighted by molar-refractivity contribution is 5.72. The molecule has 4 aromatic carbocycles. The van der Waals surface area contributed by atoms with E-state index in [-0.39, 0.29) is 17.9 Å². The summed E-state index contributed by atoms with van der Waals surface area (Å²) in [7, 11) is 1.42. The normalized spacial score (nSPS) is 13.5. The first kappa shape index (κ1) is 31.0. The van der Waals surface area contributed by atoms with Crippen LogP contribution in [0.2, 0.25) is 0 Å². The van der Waals surface area contributed by atoms with Gasteiger partial charge < -0.3 is 14.6 Å². The number of ether oxygens (including phenoxy) is 2. The van der Waals surface area contributed by atoms with Gasteiger partial charge in [-0.1, -0.05) is 117 Å². The minimum absolute atomic E-state index is 0.0468. The van der Waals surface area contributed by atoms with Crippen molar-refractivity contribution in [2.75, 3.05) is 7.11 Å². The number of benzene rings is 4. The molecular weight excluding hydrogens is 522 g/mol. The Bertz CT molecular complexity index is 1290. The van der Waals surface area contributed by atoms with Gasteiger partial charge >= 0.3 is 5.97 Å². The van der Waals surface area contributed by atoms with E-state index in [1.54, 1.807) is 0 Å². The Kier molecular flexibility index (Phi) is 11.7. The number of esters is 1. The molecule has 220 valence electrons. The van der Waals surface area contributed by atoms with Crippen molar-refractivity contribution < 1.29 is 19.4 Å². The molecule has 0 amide bonds. The first-order valence-corrected chi connectivity index (χ1v) is 14.8. The highest BCUT2D eigenvalue weighted by Crippen LogP contribution is 2.27. The lowest BCUT2D eigenvalue weighted by molar-refractivity contribution is -0.148. The third-order valence-corrected chi connectivity index (χ3v) is 7.79. The largest absolute Gasteiger partial charge is 0.489 e. The van der Waals surface area contributed by atoms with Gasteiger partial charge in [-0.25, -0.2) is 0 Å². The molecule has 5 heteroatoms. The second-order valence-electron chi connectivity index (χ2n) is 11.2. The van der Waals surface area contributed by atoms with E-state index >= 15 is 0 Å². The predicted octanol–water partition coefficient (Wildman–Crippen LogP) is 7.08. The maximum Gasteiger partial charge on any atom is 0.309 e. The van der Waals surface area contributed by atoms with Gasteiger partial charge in [0.05, 0.1) is 19.1 Å². The molecule has 5 nitrogen and oxygen atoms in total. The summed E-state index contributed by atoms with van der Waals surface area (Å²) in [6.45, 7) is 5.85. The van der Waals surface area contributed by atoms with E-state index in [2.05, 4.69) is 41.3 Å². The molecule has 0 radical (unpaired) electrons. The van der Waals surface area contributed by atoms with Crippen molar-refractivity contribution in [3.05, 3.63) is 138 Å². The lowest BCUT2D eigenvalue weighted by atomic mass is 9.86. The molecule has 0 heterocycles. The molecule has 0 aliphatic carbocycles. The quantitative estimate of drug-likeness (QED) is 0.156. The van der Waals surface area contributed by atoms with Gasteiger partial charge in [-0.2, -0.15) is 0 Å². The first-order valence-electron chi connectivity index (χ1n) is 14.8. The van der Waals surface area contributed by atoms with Crippen molar-refractivity contribution in [1.82, 2.24) is 4.90 Å². The molecule has 4 aromatic rings. The van der Waals surface area contributed by atoms with Gasteiger partial charge in [-0.3, -0.25) is 9.69 Å². The fraction of sp³-hybridized carbons (Fsp3) is 0.324. The third-order valence-electron chi connectivity index (χ3n) is 7.79. The smallest absolute Gasteiger partial charge is 0.309 e. The number of methoxy groups -OCH3 is 1. The van der Waals surface area contributed by atoms with Gasteiger partial charge in [-0.15, -0.1) is 0 Å². The first-order chi connectivity index (χ1) is 20.4. The van der Waals surface area contributed by atoms with Gasteiger partial charge in [0.1, 0.15) is 12.4 Å². The Hall–Kier alpha value is -3.93. The number of carbonyl (C=O) groups is 1. The van der Waals surface area contributed by atoms with Crippen LogP contribution < -0.4 is 4.74 Å². The average molecular weight is 566 g/mol. The second kappa shape index (κ2) is 15.9. The van der Waals surface area contributed by atoms with Gasteiger partial charge in [0.15, 0.2) is 0 Å². The molecule has 3 atom stereocenters. The Morgan fingerprint density at radius 1 is 0.714 bits per heavy atom. The second-order valence-corrected chi connectivity index (χ2v) is 11.2. The molecule has 0 fully saturated rings. The number of aliphatic hydroxyl groups is 1. The summed E-state index contributed by atoms with van der Waals surface area (Å²) in [4.78, 5) is 15.0. The third kappa shape index (κ3) is 9.30. The van der Waals surface area contributed by atoms with Crippen molar-refractivity contribution in [2.45, 2.75) is 58.5 Å². The van der Waals surface area contributed by atoms with E-state index in [1.165, 1.54) is 18.2 Å². The van der Waals surface area contributed by atoms with Crippen molar-refractivity contribution >= 4 is 5.97 Å². The van der Waals surface area contributed by atoms with Crippen LogP contribution in [0.3, 0.4) is 0 Å². The maximum atomic E-state index is 12.7. The molecule has 4 rings (SSSR count). The summed E-state index contributed by atoms with van der Waals surface area (Å²) < 4.78 is 11.1. The minimum Gasteiger partial charge on any atom is -0.489 e. The molecular formula is C37H43NO4. The molecule has 42 heavy (non-hydrogen) atoms. The van der Waals surface area contributed by atoms with Crippen LogP contribution in [-0.4, -0.2) is 35.2 Å². The lowest BCUT2D eigenvalue weighted by Gasteiger charge is -2.37. The predicted molar refractivity (Wildman–Crippen MR) is 168 cm³/mol. The Morgan fingerprint density at radius 3 is 1.69 bits per heavy atom. The van der Waals surface area contributed by atoms with Gasteiger partial charge in [0.25, 0.3) is 0 Å². The zero-order valence-electron chi connectivity index (χ0n) is 24.9. The van der Waals surface area contributed by atoms with Crippen LogP contribution in [0.5, 0.6) is 5.75 Å². The van der Waals surface area contributed by atoms with Crippen LogP contribution in [0.25, 0.3) is 0 Å². The van der Waals surface area contributed by atoms with Crippen LogP contribution in [-0.2, 0) is 35.6 Å². The van der Waals surface area contributed by atoms with Crippen molar-refractivity contribution in [2.24, 2.45) is 11.8 Å². The summed E-state index contributed by atoms with van der Waals surface area (Å²) in [5.41, 5.74) is 4.55. The number of rotatable bonds is 15. The van der Waals surface area contributed by atoms with Crippen LogP contribution in [0.15, 0.2) is 115 Å². The fourth-order valence-corrected chi connectivity index (χ4v) is 5.35. The summed E-state index contributed by atoms with van der Waals surface area (Å²) in [6, 6.07) is 38.7. The molecule has 0 unspecified atom stereocenters. The molecule has 1 N–H and O–H groups in total. The fourth-order valence-electron chi connectivity index (χ4n) is 5.35. The minimum atomic E-state index is -0.752. The standard InChI is InChI=1S/C37H43NO4/c1-28(2)34(37(40)41-3)24-36(39)35(23-29-19-21-33(22-20-29)42-27-32-17-11-6-12-18-32)38(25-30-13-7-4-8-14-30)26-31-15-9-5-10-16-31/h4-22,28,34-36,39H,23-27H2,1-3H3/t34-,35-,36-/m0/s1. The number of carbonyl (C=O) groups excluding carboxylic acids is 1. The Morgan fingerprint density at radius 2 is 1.21 bits per heavy atom. The number of hydrogen-bond donors (Lipinski definition) is 1. The molecule has 0 saturated carbocycles. The van der Waals surface area contributed by atoms with E-state index in [9.17, 15) is 9.90 Å². The zero-order valence-corrected chi connectivity index (χ0v) is 24.9. The summed E-state index contributed by atoms with van der Waals surface area (Å²) in [5, 5.41) is 11.9. The van der Waals surface area contributed by atoms with Crippen LogP contribution in [0, 0.1) is 11.8 Å². The average Bonchev–Trinajstić information content (AvgIpc) is 3.02. The Labute approximate surface area is 250 Å². The number of nitrogens with zero attached hydrogens (tertiary/aromatic N) is 1. The summed E-state index contributed by atoms with van der Waals surface area (Å²) in [5.74, 6) is 0.179. The number of hydrogen-bond acceptors (Lipinski definition) is 5. The van der Waals surface area contributed by atoms with Crippen molar-refractivity contribution in [3.8, 4) is 5.75 Å². The number of aliphatic hydroxyl groups excluding tert-OH is 1. The summed E-state index contributed by atoms with van der Waals surface area (Å²) >= 11 is 0. The zero-order chi connectivity index (χ0) is 29.7. The Balaban J connectivity index is 1.60. The highest BCUT2D eigenvalue weighted by atomic mass is 16.5.